The average molecular weight is 320 g/mol. The minimum absolute atomic E-state index is 0.425. The van der Waals surface area contributed by atoms with E-state index in [4.69, 9.17) is 4.42 Å². The zero-order chi connectivity index (χ0) is 14.6. The number of thioether (sulfide) groups is 2. The van der Waals surface area contributed by atoms with Crippen LogP contribution in [0.5, 0.6) is 0 Å². The molecule has 0 unspecified atom stereocenters. The molecule has 0 N–H and O–H groups in total. The molecule has 0 spiro atoms. The monoisotopic (exact) mass is 320 g/mol. The third-order valence-corrected chi connectivity index (χ3v) is 3.78. The summed E-state index contributed by atoms with van der Waals surface area (Å²) in [7, 11) is 0. The van der Waals surface area contributed by atoms with Crippen LogP contribution in [-0.4, -0.2) is 16.5 Å². The molecule has 108 valence electrons. The number of alkyl halides is 3. The minimum Gasteiger partial charge on any atom is -0.415 e. The van der Waals surface area contributed by atoms with Gasteiger partial charge in [-0.2, -0.15) is 24.9 Å². The number of nitrogens with zero attached hydrogens (tertiary/aromatic N) is 2. The lowest BCUT2D eigenvalue weighted by molar-refractivity contribution is -0.137. The van der Waals surface area contributed by atoms with Crippen LogP contribution in [-0.2, 0) is 17.7 Å². The van der Waals surface area contributed by atoms with Crippen molar-refractivity contribution in [3.05, 3.63) is 41.3 Å². The van der Waals surface area contributed by atoms with Crippen LogP contribution in [0.2, 0.25) is 0 Å². The van der Waals surface area contributed by atoms with Crippen molar-refractivity contribution >= 4 is 23.5 Å². The summed E-state index contributed by atoms with van der Waals surface area (Å²) in [5.74, 6) is 1.68. The highest BCUT2D eigenvalue weighted by molar-refractivity contribution is 7.98. The molecule has 2 aromatic rings. The Kier molecular flexibility index (Phi) is 4.98. The second kappa shape index (κ2) is 6.53. The molecule has 0 aliphatic carbocycles. The van der Waals surface area contributed by atoms with E-state index < -0.39 is 11.7 Å². The molecule has 0 fully saturated rings. The predicted molar refractivity (Wildman–Crippen MR) is 72.5 cm³/mol. The van der Waals surface area contributed by atoms with Gasteiger partial charge in [-0.1, -0.05) is 23.9 Å². The Hall–Kier alpha value is -1.15. The van der Waals surface area contributed by atoms with E-state index in [1.54, 1.807) is 11.8 Å². The third kappa shape index (κ3) is 4.17. The Morgan fingerprint density at radius 3 is 2.40 bits per heavy atom. The van der Waals surface area contributed by atoms with Crippen molar-refractivity contribution in [1.29, 1.82) is 0 Å². The number of aromatic nitrogens is 2. The first-order valence-electron chi connectivity index (χ1n) is 5.59. The van der Waals surface area contributed by atoms with E-state index in [9.17, 15) is 13.2 Å². The van der Waals surface area contributed by atoms with Gasteiger partial charge in [-0.15, -0.1) is 10.2 Å². The molecule has 1 aromatic carbocycles. The molecular formula is C12H11F3N2OS2. The van der Waals surface area contributed by atoms with Crippen molar-refractivity contribution < 1.29 is 17.6 Å². The van der Waals surface area contributed by atoms with Crippen LogP contribution < -0.4 is 0 Å². The zero-order valence-corrected chi connectivity index (χ0v) is 12.1. The number of halogens is 3. The molecule has 1 aromatic heterocycles. The van der Waals surface area contributed by atoms with Crippen LogP contribution in [0.3, 0.4) is 0 Å². The Morgan fingerprint density at radius 2 is 1.80 bits per heavy atom. The highest BCUT2D eigenvalue weighted by Crippen LogP contribution is 2.30. The molecule has 0 saturated carbocycles. The number of benzene rings is 1. The van der Waals surface area contributed by atoms with E-state index in [1.165, 1.54) is 23.9 Å². The minimum atomic E-state index is -4.30. The molecule has 0 amide bonds. The van der Waals surface area contributed by atoms with E-state index >= 15 is 0 Å². The van der Waals surface area contributed by atoms with Crippen molar-refractivity contribution in [2.24, 2.45) is 0 Å². The van der Waals surface area contributed by atoms with E-state index in [-0.39, 0.29) is 0 Å². The quantitative estimate of drug-likeness (QED) is 0.770. The molecule has 0 aliphatic rings. The third-order valence-electron chi connectivity index (χ3n) is 2.36. The summed E-state index contributed by atoms with van der Waals surface area (Å²) in [4.78, 5) is 0. The first-order valence-corrected chi connectivity index (χ1v) is 7.97. The maximum atomic E-state index is 12.4. The van der Waals surface area contributed by atoms with Crippen LogP contribution >= 0.6 is 23.5 Å². The van der Waals surface area contributed by atoms with Crippen LogP contribution in [0, 0.1) is 0 Å². The lowest BCUT2D eigenvalue weighted by atomic mass is 10.1. The van der Waals surface area contributed by atoms with E-state index in [2.05, 4.69) is 10.2 Å². The summed E-state index contributed by atoms with van der Waals surface area (Å²) >= 11 is 2.88. The lowest BCUT2D eigenvalue weighted by Crippen LogP contribution is -2.04. The Balaban J connectivity index is 1.93. The molecule has 8 heteroatoms. The van der Waals surface area contributed by atoms with E-state index in [0.717, 1.165) is 17.7 Å². The van der Waals surface area contributed by atoms with Crippen molar-refractivity contribution in [2.45, 2.75) is 22.9 Å². The van der Waals surface area contributed by atoms with Gasteiger partial charge >= 0.3 is 6.18 Å². The van der Waals surface area contributed by atoms with Crippen molar-refractivity contribution in [2.75, 3.05) is 6.26 Å². The average Bonchev–Trinajstić information content (AvgIpc) is 2.84. The summed E-state index contributed by atoms with van der Waals surface area (Å²) in [6.07, 6.45) is -2.37. The number of hydrogen-bond donors (Lipinski definition) is 0. The van der Waals surface area contributed by atoms with Crippen LogP contribution in [0.25, 0.3) is 0 Å². The van der Waals surface area contributed by atoms with Crippen molar-refractivity contribution in [3.63, 3.8) is 0 Å². The molecule has 3 nitrogen and oxygen atoms in total. The Morgan fingerprint density at radius 1 is 1.10 bits per heavy atom. The summed E-state index contributed by atoms with van der Waals surface area (Å²) in [6, 6.07) is 5.05. The first kappa shape index (κ1) is 15.2. The topological polar surface area (TPSA) is 38.9 Å². The summed E-state index contributed by atoms with van der Waals surface area (Å²) in [5.41, 5.74) is 0.124. The number of rotatable bonds is 5. The molecule has 0 bridgehead atoms. The first-order chi connectivity index (χ1) is 9.49. The molecule has 0 aliphatic heterocycles. The molecule has 20 heavy (non-hydrogen) atoms. The van der Waals surface area contributed by atoms with Crippen molar-refractivity contribution in [1.82, 2.24) is 10.2 Å². The van der Waals surface area contributed by atoms with Gasteiger partial charge in [0, 0.05) is 5.75 Å². The Labute approximate surface area is 122 Å². The van der Waals surface area contributed by atoms with Gasteiger partial charge in [-0.3, -0.25) is 0 Å². The van der Waals surface area contributed by atoms with Gasteiger partial charge in [0.15, 0.2) is 0 Å². The highest BCUT2D eigenvalue weighted by Gasteiger charge is 2.29. The van der Waals surface area contributed by atoms with Gasteiger partial charge in [0.25, 0.3) is 5.22 Å². The summed E-state index contributed by atoms with van der Waals surface area (Å²) in [6.45, 7) is 0. The maximum Gasteiger partial charge on any atom is 0.416 e. The smallest absolute Gasteiger partial charge is 0.415 e. The van der Waals surface area contributed by atoms with Crippen LogP contribution in [0.4, 0.5) is 13.2 Å². The molecule has 2 rings (SSSR count). The van der Waals surface area contributed by atoms with E-state index in [1.807, 2.05) is 6.26 Å². The predicted octanol–water partition coefficient (Wildman–Crippen LogP) is 4.24. The fraction of sp³-hybridized carbons (Fsp3) is 0.333. The summed E-state index contributed by atoms with van der Waals surface area (Å²) in [5, 5.41) is 8.14. The molecule has 0 saturated heterocycles. The van der Waals surface area contributed by atoms with Gasteiger partial charge in [-0.05, 0) is 24.0 Å². The van der Waals surface area contributed by atoms with Crippen LogP contribution in [0.1, 0.15) is 17.0 Å². The van der Waals surface area contributed by atoms with Gasteiger partial charge < -0.3 is 4.42 Å². The normalized spacial score (nSPS) is 11.8. The van der Waals surface area contributed by atoms with Gasteiger partial charge in [0.2, 0.25) is 5.89 Å². The standard InChI is InChI=1S/C12H11F3N2OS2/c1-19-7-10-16-17-11(18-10)20-6-8-2-4-9(5-3-8)12(13,14)15/h2-5H,6-7H2,1H3. The molecule has 1 heterocycles. The largest absolute Gasteiger partial charge is 0.416 e. The highest BCUT2D eigenvalue weighted by atomic mass is 32.2. The zero-order valence-electron chi connectivity index (χ0n) is 10.5. The molecule has 0 radical (unpaired) electrons. The fourth-order valence-corrected chi connectivity index (χ4v) is 2.51. The fourth-order valence-electron chi connectivity index (χ4n) is 1.41. The molecular weight excluding hydrogens is 309 g/mol. The number of hydrogen-bond acceptors (Lipinski definition) is 5. The van der Waals surface area contributed by atoms with Gasteiger partial charge in [0.1, 0.15) is 0 Å². The lowest BCUT2D eigenvalue weighted by Gasteiger charge is -2.06. The second-order valence-electron chi connectivity index (χ2n) is 3.88. The van der Waals surface area contributed by atoms with Crippen molar-refractivity contribution in [3.8, 4) is 0 Å². The second-order valence-corrected chi connectivity index (χ2v) is 5.67. The maximum absolute atomic E-state index is 12.4. The van der Waals surface area contributed by atoms with Gasteiger partial charge in [-0.25, -0.2) is 0 Å². The Bertz CT molecular complexity index is 555. The SMILES string of the molecule is CSCc1nnc(SCc2ccc(C(F)(F)F)cc2)o1. The summed E-state index contributed by atoms with van der Waals surface area (Å²) < 4.78 is 42.6. The van der Waals surface area contributed by atoms with Crippen LogP contribution in [0.15, 0.2) is 33.9 Å². The van der Waals surface area contributed by atoms with Gasteiger partial charge in [0.05, 0.1) is 11.3 Å². The molecule has 0 atom stereocenters. The van der Waals surface area contributed by atoms with E-state index in [0.29, 0.717) is 22.6 Å².